The predicted octanol–water partition coefficient (Wildman–Crippen LogP) is 1.57. The van der Waals surface area contributed by atoms with Crippen LogP contribution in [0, 0.1) is 0 Å². The van der Waals surface area contributed by atoms with E-state index in [1.165, 1.54) is 0 Å². The standard InChI is InChI=1S/C16H21N3O4/c1-3-11(2)17-15(20)9-18-6-7-19(16(18)21)12-4-5-13-14(8-12)23-10-22-13/h4-5,8,11H,3,6-7,9-10H2,1-2H3,(H,17,20). The van der Waals surface area contributed by atoms with Gasteiger partial charge in [-0.1, -0.05) is 6.92 Å². The quantitative estimate of drug-likeness (QED) is 0.894. The molecule has 2 aliphatic rings. The first-order valence-electron chi connectivity index (χ1n) is 7.84. The van der Waals surface area contributed by atoms with E-state index in [2.05, 4.69) is 5.32 Å². The van der Waals surface area contributed by atoms with Crippen molar-refractivity contribution in [3.8, 4) is 11.5 Å². The number of nitrogens with zero attached hydrogens (tertiary/aromatic N) is 2. The van der Waals surface area contributed by atoms with Crippen LogP contribution in [0.3, 0.4) is 0 Å². The minimum Gasteiger partial charge on any atom is -0.454 e. The maximum absolute atomic E-state index is 12.5. The molecule has 0 saturated carbocycles. The highest BCUT2D eigenvalue weighted by molar-refractivity contribution is 5.96. The molecule has 2 aliphatic heterocycles. The van der Waals surface area contributed by atoms with Crippen LogP contribution >= 0.6 is 0 Å². The number of benzene rings is 1. The number of nitrogens with one attached hydrogen (secondary N) is 1. The lowest BCUT2D eigenvalue weighted by Gasteiger charge is -2.19. The van der Waals surface area contributed by atoms with Crippen LogP contribution in [-0.2, 0) is 4.79 Å². The van der Waals surface area contributed by atoms with Crippen molar-refractivity contribution in [2.24, 2.45) is 0 Å². The molecule has 1 saturated heterocycles. The van der Waals surface area contributed by atoms with Crippen LogP contribution in [0.25, 0.3) is 0 Å². The van der Waals surface area contributed by atoms with Gasteiger partial charge in [0.1, 0.15) is 6.54 Å². The van der Waals surface area contributed by atoms with Crippen molar-refractivity contribution in [2.75, 3.05) is 31.3 Å². The minimum atomic E-state index is -0.164. The van der Waals surface area contributed by atoms with Gasteiger partial charge in [-0.15, -0.1) is 0 Å². The number of carbonyl (C=O) groups excluding carboxylic acids is 2. The van der Waals surface area contributed by atoms with Gasteiger partial charge in [-0.25, -0.2) is 4.79 Å². The summed E-state index contributed by atoms with van der Waals surface area (Å²) >= 11 is 0. The number of carbonyl (C=O) groups is 2. The molecule has 2 heterocycles. The van der Waals surface area contributed by atoms with E-state index in [1.54, 1.807) is 21.9 Å². The Balaban J connectivity index is 1.64. The second kappa shape index (κ2) is 6.36. The zero-order valence-electron chi connectivity index (χ0n) is 13.4. The molecule has 0 spiro atoms. The number of amides is 3. The summed E-state index contributed by atoms with van der Waals surface area (Å²) in [5.74, 6) is 1.20. The highest BCUT2D eigenvalue weighted by atomic mass is 16.7. The maximum Gasteiger partial charge on any atom is 0.325 e. The number of hydrogen-bond donors (Lipinski definition) is 1. The smallest absolute Gasteiger partial charge is 0.325 e. The Morgan fingerprint density at radius 3 is 2.87 bits per heavy atom. The number of fused-ring (bicyclic) bond motifs is 1. The van der Waals surface area contributed by atoms with Crippen molar-refractivity contribution in [1.29, 1.82) is 0 Å². The Hall–Kier alpha value is -2.44. The summed E-state index contributed by atoms with van der Waals surface area (Å²) in [6, 6.07) is 5.37. The van der Waals surface area contributed by atoms with E-state index in [1.807, 2.05) is 19.9 Å². The van der Waals surface area contributed by atoms with Gasteiger partial charge in [0.15, 0.2) is 11.5 Å². The van der Waals surface area contributed by atoms with Crippen molar-refractivity contribution in [3.63, 3.8) is 0 Å². The van der Waals surface area contributed by atoms with Gasteiger partial charge >= 0.3 is 6.03 Å². The second-order valence-electron chi connectivity index (χ2n) is 5.77. The van der Waals surface area contributed by atoms with E-state index in [-0.39, 0.29) is 31.3 Å². The third-order valence-corrected chi connectivity index (χ3v) is 4.12. The first kappa shape index (κ1) is 15.5. The van der Waals surface area contributed by atoms with E-state index < -0.39 is 0 Å². The predicted molar refractivity (Wildman–Crippen MR) is 84.8 cm³/mol. The molecule has 7 nitrogen and oxygen atoms in total. The van der Waals surface area contributed by atoms with Crippen LogP contribution in [-0.4, -0.2) is 49.3 Å². The third-order valence-electron chi connectivity index (χ3n) is 4.12. The average molecular weight is 319 g/mol. The summed E-state index contributed by atoms with van der Waals surface area (Å²) in [6.07, 6.45) is 0.864. The molecule has 0 aromatic heterocycles. The van der Waals surface area contributed by atoms with E-state index in [0.29, 0.717) is 24.6 Å². The molecule has 23 heavy (non-hydrogen) atoms. The summed E-state index contributed by atoms with van der Waals surface area (Å²) in [4.78, 5) is 27.7. The van der Waals surface area contributed by atoms with Crippen molar-refractivity contribution in [3.05, 3.63) is 18.2 Å². The number of rotatable bonds is 5. The topological polar surface area (TPSA) is 71.1 Å². The van der Waals surface area contributed by atoms with Gasteiger partial charge < -0.3 is 19.7 Å². The van der Waals surface area contributed by atoms with Crippen molar-refractivity contribution >= 4 is 17.6 Å². The molecule has 0 bridgehead atoms. The van der Waals surface area contributed by atoms with Crippen molar-refractivity contribution in [1.82, 2.24) is 10.2 Å². The molecular weight excluding hydrogens is 298 g/mol. The average Bonchev–Trinajstić information content (AvgIpc) is 3.13. The zero-order valence-corrected chi connectivity index (χ0v) is 13.4. The summed E-state index contributed by atoms with van der Waals surface area (Å²) in [6.45, 7) is 5.32. The molecular formula is C16H21N3O4. The van der Waals surface area contributed by atoms with Gasteiger partial charge in [0.25, 0.3) is 0 Å². The molecule has 7 heteroatoms. The minimum absolute atomic E-state index is 0.0875. The van der Waals surface area contributed by atoms with Crippen LogP contribution in [0.4, 0.5) is 10.5 Å². The van der Waals surface area contributed by atoms with E-state index in [4.69, 9.17) is 9.47 Å². The van der Waals surface area contributed by atoms with Crippen LogP contribution < -0.4 is 19.7 Å². The second-order valence-corrected chi connectivity index (χ2v) is 5.77. The number of urea groups is 1. The molecule has 1 unspecified atom stereocenters. The normalized spacial score (nSPS) is 17.6. The lowest BCUT2D eigenvalue weighted by atomic mass is 10.2. The van der Waals surface area contributed by atoms with Crippen molar-refractivity contribution < 1.29 is 19.1 Å². The molecule has 0 radical (unpaired) electrons. The lowest BCUT2D eigenvalue weighted by Crippen LogP contribution is -2.42. The zero-order chi connectivity index (χ0) is 16.4. The molecule has 0 aliphatic carbocycles. The lowest BCUT2D eigenvalue weighted by molar-refractivity contribution is -0.122. The summed E-state index contributed by atoms with van der Waals surface area (Å²) < 4.78 is 10.6. The van der Waals surface area contributed by atoms with E-state index in [9.17, 15) is 9.59 Å². The summed E-state index contributed by atoms with van der Waals surface area (Å²) in [7, 11) is 0. The Labute approximate surface area is 135 Å². The summed E-state index contributed by atoms with van der Waals surface area (Å²) in [5, 5.41) is 2.88. The number of ether oxygens (including phenoxy) is 2. The van der Waals surface area contributed by atoms with Crippen LogP contribution in [0.15, 0.2) is 18.2 Å². The van der Waals surface area contributed by atoms with Gasteiger partial charge in [-0.05, 0) is 25.5 Å². The molecule has 124 valence electrons. The largest absolute Gasteiger partial charge is 0.454 e. The molecule has 1 aromatic carbocycles. The molecule has 3 amide bonds. The van der Waals surface area contributed by atoms with E-state index in [0.717, 1.165) is 12.1 Å². The van der Waals surface area contributed by atoms with Gasteiger partial charge in [-0.3, -0.25) is 9.69 Å². The van der Waals surface area contributed by atoms with Crippen molar-refractivity contribution in [2.45, 2.75) is 26.3 Å². The Bertz CT molecular complexity index is 619. The fourth-order valence-electron chi connectivity index (χ4n) is 2.62. The SMILES string of the molecule is CCC(C)NC(=O)CN1CCN(c2ccc3c(c2)OCO3)C1=O. The molecule has 1 atom stereocenters. The molecule has 3 rings (SSSR count). The van der Waals surface area contributed by atoms with Crippen LogP contribution in [0.2, 0.25) is 0 Å². The van der Waals surface area contributed by atoms with Crippen LogP contribution in [0.5, 0.6) is 11.5 Å². The van der Waals surface area contributed by atoms with E-state index >= 15 is 0 Å². The molecule has 1 N–H and O–H groups in total. The van der Waals surface area contributed by atoms with Crippen LogP contribution in [0.1, 0.15) is 20.3 Å². The van der Waals surface area contributed by atoms with Gasteiger partial charge in [0.05, 0.1) is 0 Å². The first-order chi connectivity index (χ1) is 11.1. The van der Waals surface area contributed by atoms with Gasteiger partial charge in [0, 0.05) is 30.9 Å². The molecule has 1 fully saturated rings. The number of hydrogen-bond acceptors (Lipinski definition) is 4. The third kappa shape index (κ3) is 3.18. The Kier molecular flexibility index (Phi) is 4.27. The monoisotopic (exact) mass is 319 g/mol. The Morgan fingerprint density at radius 2 is 2.09 bits per heavy atom. The Morgan fingerprint density at radius 1 is 1.30 bits per heavy atom. The first-order valence-corrected chi connectivity index (χ1v) is 7.84. The van der Waals surface area contributed by atoms with Gasteiger partial charge in [0.2, 0.25) is 12.7 Å². The maximum atomic E-state index is 12.5. The highest BCUT2D eigenvalue weighted by Crippen LogP contribution is 2.36. The van der Waals surface area contributed by atoms with Gasteiger partial charge in [-0.2, -0.15) is 0 Å². The summed E-state index contributed by atoms with van der Waals surface area (Å²) in [5.41, 5.74) is 0.754. The fourth-order valence-corrected chi connectivity index (χ4v) is 2.62. The fraction of sp³-hybridized carbons (Fsp3) is 0.500. The highest BCUT2D eigenvalue weighted by Gasteiger charge is 2.31. The number of anilines is 1. The molecule has 1 aromatic rings.